The molecule has 0 heterocycles. The second-order valence-corrected chi connectivity index (χ2v) is 7.76. The van der Waals surface area contributed by atoms with Gasteiger partial charge in [0, 0.05) is 35.0 Å². The van der Waals surface area contributed by atoms with E-state index in [-0.39, 0.29) is 24.0 Å². The minimum atomic E-state index is -0.942. The number of halogens is 1. The van der Waals surface area contributed by atoms with E-state index in [4.69, 9.17) is 4.99 Å². The van der Waals surface area contributed by atoms with E-state index < -0.39 is 10.8 Å². The molecule has 0 saturated heterocycles. The summed E-state index contributed by atoms with van der Waals surface area (Å²) in [4.78, 5) is 5.54. The molecule has 6 heteroatoms. The van der Waals surface area contributed by atoms with Crippen LogP contribution in [-0.2, 0) is 23.9 Å². The van der Waals surface area contributed by atoms with Crippen LogP contribution < -0.4 is 10.6 Å². The number of benzene rings is 2. The summed E-state index contributed by atoms with van der Waals surface area (Å²) < 4.78 is 11.5. The zero-order valence-electron chi connectivity index (χ0n) is 16.3. The minimum absolute atomic E-state index is 0. The molecule has 1 atom stereocenters. The molecule has 2 N–H and O–H groups in total. The maximum Gasteiger partial charge on any atom is 0.191 e. The van der Waals surface area contributed by atoms with Gasteiger partial charge >= 0.3 is 0 Å². The Morgan fingerprint density at radius 2 is 1.63 bits per heavy atom. The highest BCUT2D eigenvalue weighted by Crippen LogP contribution is 2.08. The Balaban J connectivity index is 0.00000364. The first-order valence-electron chi connectivity index (χ1n) is 9.08. The average Bonchev–Trinajstić information content (AvgIpc) is 2.65. The SMILES string of the molecule is CCCCNC(=NCc1ccc(S(C)=O)cc1)NCc1ccc(C)cc1.I. The molecular formula is C21H30IN3OS. The molecule has 0 amide bonds. The van der Waals surface area contributed by atoms with Crippen molar-refractivity contribution in [3.8, 4) is 0 Å². The van der Waals surface area contributed by atoms with Crippen LogP contribution in [0.15, 0.2) is 58.4 Å². The van der Waals surface area contributed by atoms with Gasteiger partial charge in [-0.1, -0.05) is 55.3 Å². The highest BCUT2D eigenvalue weighted by molar-refractivity contribution is 14.0. The van der Waals surface area contributed by atoms with Gasteiger partial charge < -0.3 is 10.6 Å². The third kappa shape index (κ3) is 8.88. The van der Waals surface area contributed by atoms with Gasteiger partial charge in [-0.2, -0.15) is 0 Å². The summed E-state index contributed by atoms with van der Waals surface area (Å²) >= 11 is 0. The van der Waals surface area contributed by atoms with Crippen LogP contribution in [0.2, 0.25) is 0 Å². The summed E-state index contributed by atoms with van der Waals surface area (Å²) in [6, 6.07) is 16.3. The molecule has 0 aliphatic carbocycles. The largest absolute Gasteiger partial charge is 0.356 e. The number of guanidine groups is 1. The van der Waals surface area contributed by atoms with Crippen molar-refractivity contribution >= 4 is 40.7 Å². The zero-order valence-corrected chi connectivity index (χ0v) is 19.5. The number of aryl methyl sites for hydroxylation is 1. The summed E-state index contributed by atoms with van der Waals surface area (Å²) in [5, 5.41) is 6.80. The molecule has 0 radical (unpaired) electrons. The van der Waals surface area contributed by atoms with Crippen LogP contribution in [0.5, 0.6) is 0 Å². The van der Waals surface area contributed by atoms with Gasteiger partial charge in [0.05, 0.1) is 6.54 Å². The lowest BCUT2D eigenvalue weighted by molar-refractivity contribution is 0.686. The molecule has 0 aliphatic heterocycles. The fourth-order valence-corrected chi connectivity index (χ4v) is 2.93. The molecule has 0 fully saturated rings. The lowest BCUT2D eigenvalue weighted by Gasteiger charge is -2.13. The van der Waals surface area contributed by atoms with E-state index in [1.54, 1.807) is 6.26 Å². The average molecular weight is 499 g/mol. The number of nitrogens with zero attached hydrogens (tertiary/aromatic N) is 1. The van der Waals surface area contributed by atoms with Crippen molar-refractivity contribution in [2.75, 3.05) is 12.8 Å². The van der Waals surface area contributed by atoms with Crippen LogP contribution in [0, 0.1) is 6.92 Å². The van der Waals surface area contributed by atoms with Crippen LogP contribution in [0.25, 0.3) is 0 Å². The summed E-state index contributed by atoms with van der Waals surface area (Å²) in [6.45, 7) is 6.51. The first kappa shape index (κ1) is 23.6. The van der Waals surface area contributed by atoms with Crippen molar-refractivity contribution in [2.45, 2.75) is 44.7 Å². The first-order valence-corrected chi connectivity index (χ1v) is 10.6. The quantitative estimate of drug-likeness (QED) is 0.245. The molecule has 0 saturated carbocycles. The number of rotatable bonds is 8. The van der Waals surface area contributed by atoms with Gasteiger partial charge in [-0.15, -0.1) is 24.0 Å². The summed E-state index contributed by atoms with van der Waals surface area (Å²) in [6.07, 6.45) is 3.95. The molecule has 27 heavy (non-hydrogen) atoms. The lowest BCUT2D eigenvalue weighted by atomic mass is 10.1. The number of unbranched alkanes of at least 4 members (excludes halogenated alkanes) is 1. The number of aliphatic imine (C=N–C) groups is 1. The van der Waals surface area contributed by atoms with Gasteiger partial charge in [0.15, 0.2) is 5.96 Å². The van der Waals surface area contributed by atoms with Crippen LogP contribution in [0.3, 0.4) is 0 Å². The highest BCUT2D eigenvalue weighted by atomic mass is 127. The molecule has 0 spiro atoms. The second kappa shape index (κ2) is 12.9. The number of hydrogen-bond donors (Lipinski definition) is 2. The van der Waals surface area contributed by atoms with E-state index >= 15 is 0 Å². The Bertz CT molecular complexity index is 730. The van der Waals surface area contributed by atoms with Crippen LogP contribution >= 0.6 is 24.0 Å². The molecule has 2 rings (SSSR count). The van der Waals surface area contributed by atoms with Gasteiger partial charge in [0.2, 0.25) is 0 Å². The summed E-state index contributed by atoms with van der Waals surface area (Å²) in [7, 11) is -0.942. The maximum absolute atomic E-state index is 11.5. The molecular weight excluding hydrogens is 469 g/mol. The molecule has 0 bridgehead atoms. The topological polar surface area (TPSA) is 53.5 Å². The Labute approximate surface area is 182 Å². The van der Waals surface area contributed by atoms with Crippen molar-refractivity contribution in [3.05, 3.63) is 65.2 Å². The van der Waals surface area contributed by atoms with Gasteiger partial charge in [0.25, 0.3) is 0 Å². The predicted molar refractivity (Wildman–Crippen MR) is 126 cm³/mol. The Hall–Kier alpha value is -1.41. The predicted octanol–water partition coefficient (Wildman–Crippen LogP) is 4.39. The molecule has 148 valence electrons. The molecule has 2 aromatic carbocycles. The molecule has 0 aliphatic rings. The van der Waals surface area contributed by atoms with Crippen molar-refractivity contribution in [1.29, 1.82) is 0 Å². The fraction of sp³-hybridized carbons (Fsp3) is 0.381. The standard InChI is InChI=1S/C21H29N3OS.HI/c1-4-5-14-22-21(23-15-18-8-6-17(2)7-9-18)24-16-19-10-12-20(13-11-19)26(3)25;/h6-13H,4-5,14-16H2,1-3H3,(H2,22,23,24);1H. The summed E-state index contributed by atoms with van der Waals surface area (Å²) in [5.74, 6) is 0.821. The fourth-order valence-electron chi connectivity index (χ4n) is 2.41. The molecule has 1 unspecified atom stereocenters. The third-order valence-electron chi connectivity index (χ3n) is 4.08. The van der Waals surface area contributed by atoms with Crippen molar-refractivity contribution in [3.63, 3.8) is 0 Å². The zero-order chi connectivity index (χ0) is 18.8. The summed E-state index contributed by atoms with van der Waals surface area (Å²) in [5.41, 5.74) is 3.60. The van der Waals surface area contributed by atoms with Crippen LogP contribution in [0.4, 0.5) is 0 Å². The van der Waals surface area contributed by atoms with E-state index in [0.717, 1.165) is 42.3 Å². The van der Waals surface area contributed by atoms with E-state index in [2.05, 4.69) is 48.7 Å². The highest BCUT2D eigenvalue weighted by Gasteiger charge is 2.01. The minimum Gasteiger partial charge on any atom is -0.356 e. The van der Waals surface area contributed by atoms with E-state index in [9.17, 15) is 4.21 Å². The van der Waals surface area contributed by atoms with E-state index in [1.165, 1.54) is 11.1 Å². The van der Waals surface area contributed by atoms with Crippen LogP contribution in [-0.4, -0.2) is 23.0 Å². The monoisotopic (exact) mass is 499 g/mol. The Morgan fingerprint density at radius 3 is 2.22 bits per heavy atom. The number of nitrogens with one attached hydrogen (secondary N) is 2. The lowest BCUT2D eigenvalue weighted by Crippen LogP contribution is -2.37. The van der Waals surface area contributed by atoms with E-state index in [0.29, 0.717) is 6.54 Å². The van der Waals surface area contributed by atoms with Crippen LogP contribution in [0.1, 0.15) is 36.5 Å². The van der Waals surface area contributed by atoms with Gasteiger partial charge in [-0.25, -0.2) is 4.99 Å². The normalized spacial score (nSPS) is 12.2. The molecule has 4 nitrogen and oxygen atoms in total. The molecule has 0 aromatic heterocycles. The Morgan fingerprint density at radius 1 is 1.00 bits per heavy atom. The van der Waals surface area contributed by atoms with Crippen molar-refractivity contribution < 1.29 is 4.21 Å². The molecule has 2 aromatic rings. The van der Waals surface area contributed by atoms with Gasteiger partial charge in [-0.05, 0) is 36.6 Å². The van der Waals surface area contributed by atoms with Gasteiger partial charge in [0.1, 0.15) is 0 Å². The second-order valence-electron chi connectivity index (χ2n) is 6.38. The number of hydrogen-bond acceptors (Lipinski definition) is 2. The Kier molecular flexibility index (Phi) is 11.3. The first-order chi connectivity index (χ1) is 12.6. The smallest absolute Gasteiger partial charge is 0.191 e. The van der Waals surface area contributed by atoms with Gasteiger partial charge in [-0.3, -0.25) is 4.21 Å². The maximum atomic E-state index is 11.5. The van der Waals surface area contributed by atoms with Crippen molar-refractivity contribution in [2.24, 2.45) is 4.99 Å². The van der Waals surface area contributed by atoms with Crippen molar-refractivity contribution in [1.82, 2.24) is 10.6 Å². The third-order valence-corrected chi connectivity index (χ3v) is 5.01. The van der Waals surface area contributed by atoms with E-state index in [1.807, 2.05) is 24.3 Å².